The first-order valence-electron chi connectivity index (χ1n) is 8.29. The van der Waals surface area contributed by atoms with Crippen LogP contribution in [-0.2, 0) is 14.8 Å². The van der Waals surface area contributed by atoms with Gasteiger partial charge in [0.25, 0.3) is 5.91 Å². The summed E-state index contributed by atoms with van der Waals surface area (Å²) in [5.41, 5.74) is 2.19. The Labute approximate surface area is 154 Å². The highest BCUT2D eigenvalue weighted by molar-refractivity contribution is 7.89. The SMILES string of the molecule is CNS(=O)(=O)c1cc(NC(=O)COc2ccc(C(C)C)cc2)ccc1C. The van der Waals surface area contributed by atoms with E-state index in [2.05, 4.69) is 23.9 Å². The molecule has 0 unspecified atom stereocenters. The second-order valence-corrected chi connectivity index (χ2v) is 8.10. The van der Waals surface area contributed by atoms with Gasteiger partial charge in [0, 0.05) is 5.69 Å². The number of benzene rings is 2. The first-order chi connectivity index (χ1) is 12.2. The number of ether oxygens (including phenoxy) is 1. The lowest BCUT2D eigenvalue weighted by molar-refractivity contribution is -0.118. The summed E-state index contributed by atoms with van der Waals surface area (Å²) in [5.74, 6) is 0.665. The maximum Gasteiger partial charge on any atom is 0.262 e. The van der Waals surface area contributed by atoms with Crippen molar-refractivity contribution in [2.75, 3.05) is 19.0 Å². The third kappa shape index (κ3) is 5.06. The van der Waals surface area contributed by atoms with Crippen molar-refractivity contribution in [1.29, 1.82) is 0 Å². The highest BCUT2D eigenvalue weighted by Crippen LogP contribution is 2.21. The molecule has 0 fully saturated rings. The molecule has 0 saturated heterocycles. The van der Waals surface area contributed by atoms with E-state index < -0.39 is 10.0 Å². The smallest absolute Gasteiger partial charge is 0.262 e. The number of aryl methyl sites for hydroxylation is 1. The van der Waals surface area contributed by atoms with Crippen molar-refractivity contribution in [3.8, 4) is 5.75 Å². The maximum atomic E-state index is 12.1. The van der Waals surface area contributed by atoms with Crippen LogP contribution >= 0.6 is 0 Å². The van der Waals surface area contributed by atoms with E-state index in [0.29, 0.717) is 22.9 Å². The van der Waals surface area contributed by atoms with Crippen LogP contribution < -0.4 is 14.8 Å². The Morgan fingerprint density at radius 2 is 1.77 bits per heavy atom. The predicted octanol–water partition coefficient (Wildman–Crippen LogP) is 3.04. The van der Waals surface area contributed by atoms with Gasteiger partial charge in [0.2, 0.25) is 10.0 Å². The molecular formula is C19H24N2O4S. The molecule has 140 valence electrons. The molecule has 1 amide bonds. The number of sulfonamides is 1. The fourth-order valence-corrected chi connectivity index (χ4v) is 3.37. The van der Waals surface area contributed by atoms with Gasteiger partial charge in [-0.25, -0.2) is 13.1 Å². The van der Waals surface area contributed by atoms with Crippen LogP contribution in [0.25, 0.3) is 0 Å². The van der Waals surface area contributed by atoms with Crippen LogP contribution in [0.4, 0.5) is 5.69 Å². The molecule has 0 aliphatic carbocycles. The Hall–Kier alpha value is -2.38. The Bertz CT molecular complexity index is 875. The van der Waals surface area contributed by atoms with E-state index in [1.807, 2.05) is 24.3 Å². The van der Waals surface area contributed by atoms with Crippen molar-refractivity contribution in [3.05, 3.63) is 53.6 Å². The lowest BCUT2D eigenvalue weighted by Gasteiger charge is -2.11. The molecule has 6 nitrogen and oxygen atoms in total. The van der Waals surface area contributed by atoms with E-state index in [0.717, 1.165) is 0 Å². The van der Waals surface area contributed by atoms with Crippen molar-refractivity contribution >= 4 is 21.6 Å². The highest BCUT2D eigenvalue weighted by atomic mass is 32.2. The van der Waals surface area contributed by atoms with Crippen LogP contribution in [0.15, 0.2) is 47.4 Å². The standard InChI is InChI=1S/C19H24N2O4S/c1-13(2)15-6-9-17(10-7-15)25-12-19(22)21-16-8-5-14(3)18(11-16)26(23,24)20-4/h5-11,13,20H,12H2,1-4H3,(H,21,22). The number of rotatable bonds is 7. The lowest BCUT2D eigenvalue weighted by Crippen LogP contribution is -2.22. The molecule has 0 aliphatic rings. The molecule has 0 bridgehead atoms. The van der Waals surface area contributed by atoms with Crippen LogP contribution in [0.2, 0.25) is 0 Å². The number of hydrogen-bond acceptors (Lipinski definition) is 4. The normalized spacial score (nSPS) is 11.4. The third-order valence-electron chi connectivity index (χ3n) is 3.95. The Kier molecular flexibility index (Phi) is 6.39. The molecule has 0 aromatic heterocycles. The van der Waals surface area contributed by atoms with E-state index in [4.69, 9.17) is 4.74 Å². The van der Waals surface area contributed by atoms with Gasteiger partial charge in [-0.15, -0.1) is 0 Å². The molecule has 0 atom stereocenters. The molecule has 0 spiro atoms. The number of nitrogens with one attached hydrogen (secondary N) is 2. The average molecular weight is 376 g/mol. The second-order valence-electron chi connectivity index (χ2n) is 6.25. The molecule has 2 N–H and O–H groups in total. The number of carbonyl (C=O) groups excluding carboxylic acids is 1. The van der Waals surface area contributed by atoms with E-state index in [1.165, 1.54) is 18.7 Å². The van der Waals surface area contributed by atoms with Crippen LogP contribution in [0.5, 0.6) is 5.75 Å². The molecule has 2 aromatic carbocycles. The van der Waals surface area contributed by atoms with Crippen molar-refractivity contribution in [1.82, 2.24) is 4.72 Å². The minimum Gasteiger partial charge on any atom is -0.484 e. The topological polar surface area (TPSA) is 84.5 Å². The van der Waals surface area contributed by atoms with Gasteiger partial charge in [-0.3, -0.25) is 4.79 Å². The van der Waals surface area contributed by atoms with Gasteiger partial charge in [-0.05, 0) is 55.3 Å². The molecular weight excluding hydrogens is 352 g/mol. The predicted molar refractivity (Wildman–Crippen MR) is 102 cm³/mol. The molecule has 0 radical (unpaired) electrons. The number of carbonyl (C=O) groups is 1. The quantitative estimate of drug-likeness (QED) is 0.778. The molecule has 0 heterocycles. The minimum absolute atomic E-state index is 0.128. The van der Waals surface area contributed by atoms with Crippen molar-refractivity contribution in [2.24, 2.45) is 0 Å². The molecule has 0 aliphatic heterocycles. The molecule has 2 aromatic rings. The fraction of sp³-hybridized carbons (Fsp3) is 0.316. The Balaban J connectivity index is 2.01. The summed E-state index contributed by atoms with van der Waals surface area (Å²) in [6.45, 7) is 5.74. The average Bonchev–Trinajstić information content (AvgIpc) is 2.61. The summed E-state index contributed by atoms with van der Waals surface area (Å²) in [6, 6.07) is 12.3. The van der Waals surface area contributed by atoms with Crippen LogP contribution in [0, 0.1) is 6.92 Å². The second kappa shape index (κ2) is 8.33. The van der Waals surface area contributed by atoms with Gasteiger partial charge in [0.05, 0.1) is 4.90 Å². The van der Waals surface area contributed by atoms with Gasteiger partial charge in [0.1, 0.15) is 5.75 Å². The van der Waals surface area contributed by atoms with E-state index >= 15 is 0 Å². The highest BCUT2D eigenvalue weighted by Gasteiger charge is 2.16. The summed E-state index contributed by atoms with van der Waals surface area (Å²) in [7, 11) is -2.24. The minimum atomic E-state index is -3.59. The fourth-order valence-electron chi connectivity index (χ4n) is 2.37. The van der Waals surface area contributed by atoms with Crippen LogP contribution in [0.3, 0.4) is 0 Å². The van der Waals surface area contributed by atoms with Gasteiger partial charge in [-0.2, -0.15) is 0 Å². The van der Waals surface area contributed by atoms with E-state index in [-0.39, 0.29) is 17.4 Å². The molecule has 0 saturated carbocycles. The van der Waals surface area contributed by atoms with Crippen molar-refractivity contribution in [2.45, 2.75) is 31.6 Å². The zero-order chi connectivity index (χ0) is 19.3. The lowest BCUT2D eigenvalue weighted by atomic mass is 10.0. The number of anilines is 1. The van der Waals surface area contributed by atoms with Crippen LogP contribution in [-0.4, -0.2) is 28.0 Å². The summed E-state index contributed by atoms with van der Waals surface area (Å²) in [5, 5.41) is 2.65. The van der Waals surface area contributed by atoms with Gasteiger partial charge in [0.15, 0.2) is 6.61 Å². The Morgan fingerprint density at radius 1 is 1.12 bits per heavy atom. The summed E-state index contributed by atoms with van der Waals surface area (Å²) >= 11 is 0. The monoisotopic (exact) mass is 376 g/mol. The molecule has 7 heteroatoms. The zero-order valence-electron chi connectivity index (χ0n) is 15.4. The van der Waals surface area contributed by atoms with E-state index in [9.17, 15) is 13.2 Å². The first-order valence-corrected chi connectivity index (χ1v) is 9.78. The first kappa shape index (κ1) is 19.9. The van der Waals surface area contributed by atoms with Crippen molar-refractivity contribution in [3.63, 3.8) is 0 Å². The maximum absolute atomic E-state index is 12.1. The number of hydrogen-bond donors (Lipinski definition) is 2. The van der Waals surface area contributed by atoms with E-state index in [1.54, 1.807) is 19.1 Å². The summed E-state index contributed by atoms with van der Waals surface area (Å²) in [6.07, 6.45) is 0. The number of amides is 1. The molecule has 26 heavy (non-hydrogen) atoms. The largest absolute Gasteiger partial charge is 0.484 e. The zero-order valence-corrected chi connectivity index (χ0v) is 16.2. The van der Waals surface area contributed by atoms with Gasteiger partial charge < -0.3 is 10.1 Å². The summed E-state index contributed by atoms with van der Waals surface area (Å²) in [4.78, 5) is 12.2. The molecule has 2 rings (SSSR count). The van der Waals surface area contributed by atoms with Gasteiger partial charge >= 0.3 is 0 Å². The van der Waals surface area contributed by atoms with Crippen LogP contribution in [0.1, 0.15) is 30.9 Å². The Morgan fingerprint density at radius 3 is 2.35 bits per heavy atom. The van der Waals surface area contributed by atoms with Crippen molar-refractivity contribution < 1.29 is 17.9 Å². The van der Waals surface area contributed by atoms with Gasteiger partial charge in [-0.1, -0.05) is 32.0 Å². The third-order valence-corrected chi connectivity index (χ3v) is 5.50. The summed E-state index contributed by atoms with van der Waals surface area (Å²) < 4.78 is 31.7.